The van der Waals surface area contributed by atoms with Crippen LogP contribution in [0.5, 0.6) is 0 Å². The molecule has 0 aliphatic carbocycles. The van der Waals surface area contributed by atoms with Crippen LogP contribution in [0, 0.1) is 12.3 Å². The van der Waals surface area contributed by atoms with Crippen LogP contribution in [0.2, 0.25) is 0 Å². The second-order valence-corrected chi connectivity index (χ2v) is 3.83. The zero-order chi connectivity index (χ0) is 12.0. The maximum Gasteiger partial charge on any atom is 0.180 e. The summed E-state index contributed by atoms with van der Waals surface area (Å²) in [7, 11) is 0. The zero-order valence-corrected chi connectivity index (χ0v) is 9.57. The molecule has 0 saturated carbocycles. The van der Waals surface area contributed by atoms with Crippen LogP contribution in [0.1, 0.15) is 35.7 Å². The molecular weight excluding hydrogens is 198 g/mol. The average Bonchev–Trinajstić information content (AvgIpc) is 2.29. The molecule has 16 heavy (non-hydrogen) atoms. The minimum atomic E-state index is -0.582. The molecule has 0 saturated heterocycles. The van der Waals surface area contributed by atoms with E-state index in [1.54, 1.807) is 6.07 Å². The third-order valence-corrected chi connectivity index (χ3v) is 2.42. The lowest BCUT2D eigenvalue weighted by atomic mass is 9.99. The fraction of sp³-hybridized carbons (Fsp3) is 0.357. The van der Waals surface area contributed by atoms with Gasteiger partial charge in [0.05, 0.1) is 6.04 Å². The van der Waals surface area contributed by atoms with Crippen LogP contribution in [-0.4, -0.2) is 11.8 Å². The molecule has 1 rings (SSSR count). The molecule has 0 aromatic heterocycles. The van der Waals surface area contributed by atoms with Gasteiger partial charge in [-0.2, -0.15) is 0 Å². The van der Waals surface area contributed by atoms with Crippen molar-refractivity contribution in [1.29, 1.82) is 0 Å². The minimum absolute atomic E-state index is 0.0732. The van der Waals surface area contributed by atoms with Gasteiger partial charge in [-0.25, -0.2) is 0 Å². The molecule has 0 aliphatic rings. The van der Waals surface area contributed by atoms with E-state index in [4.69, 9.17) is 12.2 Å². The molecule has 2 N–H and O–H groups in total. The predicted molar refractivity (Wildman–Crippen MR) is 66.2 cm³/mol. The Morgan fingerprint density at radius 1 is 1.56 bits per heavy atom. The van der Waals surface area contributed by atoms with Crippen molar-refractivity contribution in [2.24, 2.45) is 5.73 Å². The minimum Gasteiger partial charge on any atom is -0.320 e. The van der Waals surface area contributed by atoms with Crippen LogP contribution in [0.25, 0.3) is 0 Å². The average molecular weight is 215 g/mol. The van der Waals surface area contributed by atoms with Crippen LogP contribution in [0.3, 0.4) is 0 Å². The maximum atomic E-state index is 11.9. The van der Waals surface area contributed by atoms with Gasteiger partial charge in [0.1, 0.15) is 0 Å². The van der Waals surface area contributed by atoms with E-state index in [9.17, 15) is 4.79 Å². The number of aryl methyl sites for hydroxylation is 1. The molecule has 0 spiro atoms. The van der Waals surface area contributed by atoms with Gasteiger partial charge in [0, 0.05) is 12.0 Å². The summed E-state index contributed by atoms with van der Waals surface area (Å²) in [6, 6.07) is 7.02. The number of ketones is 1. The van der Waals surface area contributed by atoms with E-state index in [0.29, 0.717) is 5.56 Å². The van der Waals surface area contributed by atoms with E-state index in [0.717, 1.165) is 12.8 Å². The van der Waals surface area contributed by atoms with Gasteiger partial charge >= 0.3 is 0 Å². The number of terminal acetylenes is 1. The van der Waals surface area contributed by atoms with Gasteiger partial charge in [0.2, 0.25) is 0 Å². The van der Waals surface area contributed by atoms with Crippen molar-refractivity contribution in [3.63, 3.8) is 0 Å². The Morgan fingerprint density at radius 3 is 2.94 bits per heavy atom. The van der Waals surface area contributed by atoms with Crippen LogP contribution in [0.15, 0.2) is 24.3 Å². The Hall–Kier alpha value is -1.59. The largest absolute Gasteiger partial charge is 0.320 e. The summed E-state index contributed by atoms with van der Waals surface area (Å²) >= 11 is 0. The van der Waals surface area contributed by atoms with E-state index in [1.165, 1.54) is 5.56 Å². The first-order chi connectivity index (χ1) is 7.69. The Balaban J connectivity index is 2.83. The number of rotatable bonds is 5. The molecule has 0 radical (unpaired) electrons. The first-order valence-corrected chi connectivity index (χ1v) is 5.51. The van der Waals surface area contributed by atoms with Crippen molar-refractivity contribution < 1.29 is 4.79 Å². The highest BCUT2D eigenvalue weighted by atomic mass is 16.1. The van der Waals surface area contributed by atoms with E-state index >= 15 is 0 Å². The standard InChI is InChI=1S/C14H17NO/c1-3-6-11-8-5-9-12(10-11)14(16)13(15)7-4-2/h2,5,8-10,13H,3,6-7,15H2,1H3. The summed E-state index contributed by atoms with van der Waals surface area (Å²) in [5.74, 6) is 2.34. The van der Waals surface area contributed by atoms with Crippen molar-refractivity contribution >= 4 is 5.78 Å². The van der Waals surface area contributed by atoms with E-state index in [-0.39, 0.29) is 12.2 Å². The molecule has 0 amide bonds. The van der Waals surface area contributed by atoms with E-state index in [2.05, 4.69) is 12.8 Å². The fourth-order valence-electron chi connectivity index (χ4n) is 1.60. The normalized spacial score (nSPS) is 11.8. The second kappa shape index (κ2) is 6.09. The molecule has 0 bridgehead atoms. The Morgan fingerprint density at radius 2 is 2.31 bits per heavy atom. The van der Waals surface area contributed by atoms with E-state index in [1.807, 2.05) is 18.2 Å². The summed E-state index contributed by atoms with van der Waals surface area (Å²) in [5.41, 5.74) is 7.52. The second-order valence-electron chi connectivity index (χ2n) is 3.83. The first-order valence-electron chi connectivity index (χ1n) is 5.51. The highest BCUT2D eigenvalue weighted by Gasteiger charge is 2.14. The lowest BCUT2D eigenvalue weighted by Crippen LogP contribution is -2.30. The number of benzene rings is 1. The zero-order valence-electron chi connectivity index (χ0n) is 9.57. The fourth-order valence-corrected chi connectivity index (χ4v) is 1.60. The number of carbonyl (C=O) groups excluding carboxylic acids is 1. The van der Waals surface area contributed by atoms with Gasteiger partial charge in [0.25, 0.3) is 0 Å². The summed E-state index contributed by atoms with van der Waals surface area (Å²) in [6.07, 6.45) is 7.47. The highest BCUT2D eigenvalue weighted by molar-refractivity contribution is 6.00. The molecule has 0 heterocycles. The molecule has 1 aromatic rings. The summed E-state index contributed by atoms with van der Waals surface area (Å²) in [5, 5.41) is 0. The third kappa shape index (κ3) is 3.22. The Kier molecular flexibility index (Phi) is 4.75. The lowest BCUT2D eigenvalue weighted by Gasteiger charge is -2.08. The van der Waals surface area contributed by atoms with Gasteiger partial charge in [-0.1, -0.05) is 31.5 Å². The number of nitrogens with two attached hydrogens (primary N) is 1. The lowest BCUT2D eigenvalue weighted by molar-refractivity contribution is 0.0963. The van der Waals surface area contributed by atoms with Crippen molar-refractivity contribution in [3.05, 3.63) is 35.4 Å². The van der Waals surface area contributed by atoms with Gasteiger partial charge in [0.15, 0.2) is 5.78 Å². The van der Waals surface area contributed by atoms with Gasteiger partial charge in [-0.05, 0) is 18.1 Å². The Bertz CT molecular complexity index is 403. The highest BCUT2D eigenvalue weighted by Crippen LogP contribution is 2.10. The van der Waals surface area contributed by atoms with Crippen molar-refractivity contribution in [1.82, 2.24) is 0 Å². The number of hydrogen-bond acceptors (Lipinski definition) is 2. The number of hydrogen-bond donors (Lipinski definition) is 1. The first kappa shape index (κ1) is 12.5. The van der Waals surface area contributed by atoms with Gasteiger partial charge < -0.3 is 5.73 Å². The van der Waals surface area contributed by atoms with Crippen LogP contribution < -0.4 is 5.73 Å². The molecule has 1 aromatic carbocycles. The Labute approximate surface area is 96.9 Å². The molecule has 2 heteroatoms. The summed E-state index contributed by atoms with van der Waals surface area (Å²) in [4.78, 5) is 11.9. The maximum absolute atomic E-state index is 11.9. The molecule has 2 nitrogen and oxygen atoms in total. The molecule has 1 unspecified atom stereocenters. The molecule has 0 aliphatic heterocycles. The van der Waals surface area contributed by atoms with Gasteiger partial charge in [-0.3, -0.25) is 4.79 Å². The molecular formula is C14H17NO. The van der Waals surface area contributed by atoms with Crippen molar-refractivity contribution in [2.45, 2.75) is 32.2 Å². The monoisotopic (exact) mass is 215 g/mol. The molecule has 1 atom stereocenters. The predicted octanol–water partition coefficient (Wildman–Crippen LogP) is 2.17. The van der Waals surface area contributed by atoms with Gasteiger partial charge in [-0.15, -0.1) is 12.3 Å². The third-order valence-electron chi connectivity index (χ3n) is 2.42. The molecule has 84 valence electrons. The summed E-state index contributed by atoms with van der Waals surface area (Å²) < 4.78 is 0. The smallest absolute Gasteiger partial charge is 0.180 e. The van der Waals surface area contributed by atoms with Crippen LogP contribution in [0.4, 0.5) is 0 Å². The topological polar surface area (TPSA) is 43.1 Å². The van der Waals surface area contributed by atoms with Crippen molar-refractivity contribution in [2.75, 3.05) is 0 Å². The van der Waals surface area contributed by atoms with Crippen LogP contribution in [-0.2, 0) is 6.42 Å². The van der Waals surface area contributed by atoms with Crippen molar-refractivity contribution in [3.8, 4) is 12.3 Å². The van der Waals surface area contributed by atoms with Crippen LogP contribution >= 0.6 is 0 Å². The SMILES string of the molecule is C#CCC(N)C(=O)c1cccc(CCC)c1. The quantitative estimate of drug-likeness (QED) is 0.604. The number of Topliss-reactive ketones (excluding diaryl/α,β-unsaturated/α-hetero) is 1. The summed E-state index contributed by atoms with van der Waals surface area (Å²) in [6.45, 7) is 2.11. The van der Waals surface area contributed by atoms with E-state index < -0.39 is 6.04 Å². The number of carbonyl (C=O) groups is 1. The molecule has 0 fully saturated rings.